The number of hydrogen-bond acceptors (Lipinski definition) is 1. The van der Waals surface area contributed by atoms with Crippen molar-refractivity contribution in [1.29, 1.82) is 0 Å². The van der Waals surface area contributed by atoms with E-state index in [4.69, 9.17) is 11.6 Å². The van der Waals surface area contributed by atoms with Gasteiger partial charge < -0.3 is 5.32 Å². The first kappa shape index (κ1) is 15.4. The minimum absolute atomic E-state index is 0.0232. The van der Waals surface area contributed by atoms with Crippen molar-refractivity contribution in [3.63, 3.8) is 0 Å². The number of benzene rings is 2. The van der Waals surface area contributed by atoms with Crippen molar-refractivity contribution >= 4 is 17.5 Å². The van der Waals surface area contributed by atoms with E-state index in [1.54, 1.807) is 6.92 Å². The second-order valence-electron chi connectivity index (χ2n) is 4.47. The summed E-state index contributed by atoms with van der Waals surface area (Å²) < 4.78 is 39.6. The molecule has 0 aromatic heterocycles. The van der Waals surface area contributed by atoms with E-state index in [-0.39, 0.29) is 10.6 Å². The molecule has 0 heterocycles. The third kappa shape index (κ3) is 3.36. The molecule has 0 bridgehead atoms. The van der Waals surface area contributed by atoms with E-state index in [0.29, 0.717) is 5.56 Å². The lowest BCUT2D eigenvalue weighted by atomic mass is 10.1. The lowest BCUT2D eigenvalue weighted by Gasteiger charge is -2.15. The Kier molecular flexibility index (Phi) is 4.53. The zero-order chi connectivity index (χ0) is 15.6. The predicted octanol–water partition coefficient (Wildman–Crippen LogP) is 4.25. The number of halogens is 4. The number of carbonyl (C=O) groups excluding carboxylic acids is 1. The van der Waals surface area contributed by atoms with Gasteiger partial charge in [-0.15, -0.1) is 0 Å². The molecular formula is C15H11ClF3NO. The highest BCUT2D eigenvalue weighted by molar-refractivity contribution is 6.33. The summed E-state index contributed by atoms with van der Waals surface area (Å²) in [5, 5.41) is 2.47. The third-order valence-electron chi connectivity index (χ3n) is 2.98. The monoisotopic (exact) mass is 313 g/mol. The lowest BCUT2D eigenvalue weighted by molar-refractivity contribution is 0.0936. The molecule has 1 amide bonds. The Morgan fingerprint density at radius 3 is 2.43 bits per heavy atom. The topological polar surface area (TPSA) is 29.1 Å². The molecule has 0 radical (unpaired) electrons. The summed E-state index contributed by atoms with van der Waals surface area (Å²) in [7, 11) is 0. The molecule has 0 spiro atoms. The van der Waals surface area contributed by atoms with Gasteiger partial charge in [-0.25, -0.2) is 13.2 Å². The van der Waals surface area contributed by atoms with Crippen molar-refractivity contribution in [1.82, 2.24) is 5.32 Å². The van der Waals surface area contributed by atoms with Gasteiger partial charge in [0.25, 0.3) is 5.91 Å². The smallest absolute Gasteiger partial charge is 0.256 e. The highest BCUT2D eigenvalue weighted by Crippen LogP contribution is 2.21. The average Bonchev–Trinajstić information content (AvgIpc) is 2.41. The molecule has 0 saturated heterocycles. The number of rotatable bonds is 3. The van der Waals surface area contributed by atoms with Crippen molar-refractivity contribution in [3.8, 4) is 0 Å². The maximum Gasteiger partial charge on any atom is 0.256 e. The van der Waals surface area contributed by atoms with E-state index in [0.717, 1.165) is 18.2 Å². The van der Waals surface area contributed by atoms with Crippen molar-refractivity contribution < 1.29 is 18.0 Å². The fourth-order valence-corrected chi connectivity index (χ4v) is 2.10. The molecule has 0 aliphatic rings. The summed E-state index contributed by atoms with van der Waals surface area (Å²) in [6.45, 7) is 1.57. The quantitative estimate of drug-likeness (QED) is 0.902. The van der Waals surface area contributed by atoms with Crippen LogP contribution in [0.3, 0.4) is 0 Å². The predicted molar refractivity (Wildman–Crippen MR) is 73.6 cm³/mol. The molecule has 0 aliphatic carbocycles. The largest absolute Gasteiger partial charge is 0.345 e. The molecule has 1 N–H and O–H groups in total. The van der Waals surface area contributed by atoms with Crippen LogP contribution in [-0.4, -0.2) is 5.91 Å². The Morgan fingerprint density at radius 2 is 1.81 bits per heavy atom. The molecule has 0 unspecified atom stereocenters. The van der Waals surface area contributed by atoms with Gasteiger partial charge in [-0.1, -0.05) is 23.7 Å². The Hall–Kier alpha value is -2.01. The highest BCUT2D eigenvalue weighted by Gasteiger charge is 2.18. The molecule has 0 fully saturated rings. The molecule has 21 heavy (non-hydrogen) atoms. The summed E-state index contributed by atoms with van der Waals surface area (Å²) in [5.41, 5.74) is 0.0725. The first-order valence-electron chi connectivity index (χ1n) is 6.10. The first-order valence-corrected chi connectivity index (χ1v) is 6.47. The number of amides is 1. The molecule has 1 atom stereocenters. The maximum atomic E-state index is 13.6. The van der Waals surface area contributed by atoms with Gasteiger partial charge in [-0.05, 0) is 36.8 Å². The van der Waals surface area contributed by atoms with Crippen LogP contribution in [0.4, 0.5) is 13.2 Å². The standard InChI is InChI=1S/C15H11ClF3NO/c1-8(9-5-6-11(17)13(19)7-9)20-15(21)14-10(16)3-2-4-12(14)18/h2-8H,1H3,(H,20,21)/t8-/m1/s1. The Labute approximate surface area is 124 Å². The van der Waals surface area contributed by atoms with E-state index in [1.807, 2.05) is 0 Å². The van der Waals surface area contributed by atoms with E-state index < -0.39 is 29.4 Å². The van der Waals surface area contributed by atoms with Crippen LogP contribution in [-0.2, 0) is 0 Å². The van der Waals surface area contributed by atoms with Gasteiger partial charge in [-0.3, -0.25) is 4.79 Å². The Balaban J connectivity index is 2.21. The van der Waals surface area contributed by atoms with Gasteiger partial charge in [0.2, 0.25) is 0 Å². The van der Waals surface area contributed by atoms with Crippen LogP contribution in [0.2, 0.25) is 5.02 Å². The van der Waals surface area contributed by atoms with E-state index >= 15 is 0 Å². The molecular weight excluding hydrogens is 303 g/mol. The zero-order valence-electron chi connectivity index (χ0n) is 11.0. The Bertz CT molecular complexity index is 670. The van der Waals surface area contributed by atoms with Crippen LogP contribution in [0.25, 0.3) is 0 Å². The molecule has 2 aromatic carbocycles. The van der Waals surface area contributed by atoms with E-state index in [2.05, 4.69) is 5.32 Å². The highest BCUT2D eigenvalue weighted by atomic mass is 35.5. The molecule has 0 aliphatic heterocycles. The number of nitrogens with one attached hydrogen (secondary N) is 1. The second-order valence-corrected chi connectivity index (χ2v) is 4.87. The van der Waals surface area contributed by atoms with Gasteiger partial charge in [0.05, 0.1) is 16.6 Å². The number of hydrogen-bond donors (Lipinski definition) is 1. The van der Waals surface area contributed by atoms with Crippen molar-refractivity contribution in [2.24, 2.45) is 0 Å². The molecule has 110 valence electrons. The maximum absolute atomic E-state index is 13.6. The summed E-state index contributed by atoms with van der Waals surface area (Å²) in [4.78, 5) is 12.0. The average molecular weight is 314 g/mol. The first-order chi connectivity index (χ1) is 9.90. The fourth-order valence-electron chi connectivity index (χ4n) is 1.85. The molecule has 6 heteroatoms. The van der Waals surface area contributed by atoms with Gasteiger partial charge in [-0.2, -0.15) is 0 Å². The molecule has 2 aromatic rings. The molecule has 2 rings (SSSR count). The van der Waals surface area contributed by atoms with Crippen LogP contribution < -0.4 is 5.32 Å². The van der Waals surface area contributed by atoms with Gasteiger partial charge in [0.1, 0.15) is 5.82 Å². The van der Waals surface area contributed by atoms with E-state index in [1.165, 1.54) is 18.2 Å². The van der Waals surface area contributed by atoms with Crippen LogP contribution in [0, 0.1) is 17.5 Å². The SMILES string of the molecule is C[C@@H](NC(=O)c1c(F)cccc1Cl)c1ccc(F)c(F)c1. The Morgan fingerprint density at radius 1 is 1.10 bits per heavy atom. The number of carbonyl (C=O) groups is 1. The molecule has 0 saturated carbocycles. The fraction of sp³-hybridized carbons (Fsp3) is 0.133. The minimum Gasteiger partial charge on any atom is -0.345 e. The van der Waals surface area contributed by atoms with Gasteiger partial charge in [0.15, 0.2) is 11.6 Å². The van der Waals surface area contributed by atoms with Crippen LogP contribution in [0.1, 0.15) is 28.9 Å². The second kappa shape index (κ2) is 6.18. The third-order valence-corrected chi connectivity index (χ3v) is 3.30. The van der Waals surface area contributed by atoms with Gasteiger partial charge >= 0.3 is 0 Å². The minimum atomic E-state index is -1.02. The van der Waals surface area contributed by atoms with E-state index in [9.17, 15) is 18.0 Å². The summed E-state index contributed by atoms with van der Waals surface area (Å²) in [6, 6.07) is 6.53. The summed E-state index contributed by atoms with van der Waals surface area (Å²) >= 11 is 5.79. The summed E-state index contributed by atoms with van der Waals surface area (Å²) in [5.74, 6) is -3.47. The molecule has 2 nitrogen and oxygen atoms in total. The van der Waals surface area contributed by atoms with Crippen molar-refractivity contribution in [3.05, 3.63) is 70.0 Å². The van der Waals surface area contributed by atoms with Crippen LogP contribution in [0.15, 0.2) is 36.4 Å². The summed E-state index contributed by atoms with van der Waals surface area (Å²) in [6.07, 6.45) is 0. The van der Waals surface area contributed by atoms with Crippen LogP contribution in [0.5, 0.6) is 0 Å². The lowest BCUT2D eigenvalue weighted by Crippen LogP contribution is -2.27. The van der Waals surface area contributed by atoms with Crippen LogP contribution >= 0.6 is 11.6 Å². The van der Waals surface area contributed by atoms with Crippen molar-refractivity contribution in [2.45, 2.75) is 13.0 Å². The van der Waals surface area contributed by atoms with Crippen molar-refractivity contribution in [2.75, 3.05) is 0 Å². The zero-order valence-corrected chi connectivity index (χ0v) is 11.7. The normalized spacial score (nSPS) is 12.0. The van der Waals surface area contributed by atoms with Gasteiger partial charge in [0, 0.05) is 0 Å².